The molecule has 4 aromatic rings. The van der Waals surface area contributed by atoms with Gasteiger partial charge in [0.15, 0.2) is 5.82 Å². The van der Waals surface area contributed by atoms with E-state index in [2.05, 4.69) is 58.6 Å². The molecule has 1 aliphatic carbocycles. The zero-order chi connectivity index (χ0) is 44.6. The third kappa shape index (κ3) is 10.6. The van der Waals surface area contributed by atoms with Crippen molar-refractivity contribution in [2.24, 2.45) is 0 Å². The standard InChI is InChI=1S/C47H52ClN11O5/c1-49-43(61)37-8-4-5-9-39(37)54-42-38(48)28-51-46(56-42)52-33-15-17-35(18-16-33)57-23-25-58(26-24-57)47(64)53-34-13-11-32(12-14-34)50-22-6-2-3-7-30-10-19-36-31(27-30)29-59(45(36)63)40-20-21-41(60)55-44(40)62/h4-5,8-10,15-19,27-28,32,34,40,50H,2,6,11-14,20-26,29H2,1H3,(H,49,61)(H,53,64)(H,55,60,62)(H2,51,52,54,56)/t32-,34+,40?. The highest BCUT2D eigenvalue weighted by molar-refractivity contribution is 6.33. The average Bonchev–Trinajstić information content (AvgIpc) is 3.63. The number of benzene rings is 3. The van der Waals surface area contributed by atoms with Gasteiger partial charge in [-0.15, -0.1) is 0 Å². The van der Waals surface area contributed by atoms with Crippen LogP contribution >= 0.6 is 11.6 Å². The van der Waals surface area contributed by atoms with Gasteiger partial charge in [0.1, 0.15) is 11.1 Å². The lowest BCUT2D eigenvalue weighted by molar-refractivity contribution is -0.136. The Hall–Kier alpha value is -6.70. The maximum atomic E-state index is 13.2. The van der Waals surface area contributed by atoms with Crippen molar-refractivity contribution in [2.75, 3.05) is 55.3 Å². The molecule has 1 aromatic heterocycles. The summed E-state index contributed by atoms with van der Waals surface area (Å²) in [5, 5.41) is 18.6. The van der Waals surface area contributed by atoms with Crippen LogP contribution in [0.1, 0.15) is 83.2 Å². The number of nitrogens with one attached hydrogen (secondary N) is 6. The lowest BCUT2D eigenvalue weighted by atomic mass is 9.91. The van der Waals surface area contributed by atoms with Crippen LogP contribution in [0, 0.1) is 11.8 Å². The predicted molar refractivity (Wildman–Crippen MR) is 245 cm³/mol. The van der Waals surface area contributed by atoms with Crippen LogP contribution in [0.4, 0.5) is 33.6 Å². The summed E-state index contributed by atoms with van der Waals surface area (Å²) in [7, 11) is 1.58. The van der Waals surface area contributed by atoms with E-state index in [0.29, 0.717) is 65.7 Å². The van der Waals surface area contributed by atoms with Gasteiger partial charge in [-0.3, -0.25) is 24.5 Å². The van der Waals surface area contributed by atoms with E-state index in [-0.39, 0.29) is 36.2 Å². The third-order valence-electron chi connectivity index (χ3n) is 12.2. The fraction of sp³-hybridized carbons (Fsp3) is 0.383. The quantitative estimate of drug-likeness (QED) is 0.0615. The minimum absolute atomic E-state index is 0.00438. The molecule has 1 atom stereocenters. The van der Waals surface area contributed by atoms with Crippen molar-refractivity contribution in [1.82, 2.24) is 41.0 Å². The van der Waals surface area contributed by atoms with Gasteiger partial charge in [-0.05, 0) is 105 Å². The molecule has 0 spiro atoms. The highest BCUT2D eigenvalue weighted by atomic mass is 35.5. The van der Waals surface area contributed by atoms with Crippen molar-refractivity contribution in [2.45, 2.75) is 76.0 Å². The van der Waals surface area contributed by atoms with Crippen LogP contribution in [-0.2, 0) is 16.1 Å². The van der Waals surface area contributed by atoms with Gasteiger partial charge in [0.05, 0.1) is 17.4 Å². The number of nitrogens with zero attached hydrogens (tertiary/aromatic N) is 5. The highest BCUT2D eigenvalue weighted by Gasteiger charge is 2.39. The molecule has 6 amide bonds. The van der Waals surface area contributed by atoms with Crippen LogP contribution in [0.5, 0.6) is 0 Å². The molecule has 3 aromatic carbocycles. The molecule has 8 rings (SSSR count). The Morgan fingerprint density at radius 2 is 1.67 bits per heavy atom. The third-order valence-corrected chi connectivity index (χ3v) is 12.5. The Morgan fingerprint density at radius 3 is 2.44 bits per heavy atom. The number of fused-ring (bicyclic) bond motifs is 1. The number of carbonyl (C=O) groups is 5. The molecule has 332 valence electrons. The first-order valence-corrected chi connectivity index (χ1v) is 22.3. The number of para-hydroxylation sites is 1. The van der Waals surface area contributed by atoms with Crippen molar-refractivity contribution in [1.29, 1.82) is 0 Å². The van der Waals surface area contributed by atoms with Crippen LogP contribution in [0.25, 0.3) is 0 Å². The molecular formula is C47H52ClN11O5. The SMILES string of the molecule is CNC(=O)c1ccccc1Nc1nc(Nc2ccc(N3CCN(C(=O)N[C@H]4CC[C@@H](NCCCC#Cc5ccc6c(c5)CN(C5CCC(=O)NC5=O)C6=O)CC4)CC3)cc2)ncc1Cl. The summed E-state index contributed by atoms with van der Waals surface area (Å²) in [6.45, 7) is 3.94. The maximum Gasteiger partial charge on any atom is 0.317 e. The van der Waals surface area contributed by atoms with E-state index >= 15 is 0 Å². The number of aromatic nitrogens is 2. The molecule has 1 saturated carbocycles. The van der Waals surface area contributed by atoms with Crippen molar-refractivity contribution in [3.05, 3.63) is 100 Å². The van der Waals surface area contributed by atoms with E-state index in [1.54, 1.807) is 36.2 Å². The fourth-order valence-corrected chi connectivity index (χ4v) is 8.77. The molecule has 17 heteroatoms. The van der Waals surface area contributed by atoms with Gasteiger partial charge >= 0.3 is 6.03 Å². The Labute approximate surface area is 377 Å². The van der Waals surface area contributed by atoms with Crippen LogP contribution in [0.2, 0.25) is 5.02 Å². The number of anilines is 5. The molecule has 1 unspecified atom stereocenters. The first-order valence-electron chi connectivity index (χ1n) is 21.9. The molecule has 3 aliphatic heterocycles. The van der Waals surface area contributed by atoms with Crippen LogP contribution in [-0.4, -0.2) is 107 Å². The average molecular weight is 886 g/mol. The monoisotopic (exact) mass is 885 g/mol. The Kier molecular flexibility index (Phi) is 13.9. The fourth-order valence-electron chi connectivity index (χ4n) is 8.63. The number of piperidine rings is 1. The van der Waals surface area contributed by atoms with Crippen molar-refractivity contribution in [3.63, 3.8) is 0 Å². The number of hydrogen-bond acceptors (Lipinski definition) is 11. The predicted octanol–water partition coefficient (Wildman–Crippen LogP) is 5.30. The zero-order valence-electron chi connectivity index (χ0n) is 35.7. The summed E-state index contributed by atoms with van der Waals surface area (Å²) in [6.07, 6.45) is 7.63. The summed E-state index contributed by atoms with van der Waals surface area (Å²) in [5.41, 5.74) is 5.18. The van der Waals surface area contributed by atoms with Crippen molar-refractivity contribution >= 4 is 70.1 Å². The lowest BCUT2D eigenvalue weighted by Gasteiger charge is -2.37. The number of halogens is 1. The van der Waals surface area contributed by atoms with Crippen molar-refractivity contribution in [3.8, 4) is 11.8 Å². The maximum absolute atomic E-state index is 13.2. The molecule has 2 saturated heterocycles. The molecule has 4 heterocycles. The number of imide groups is 1. The Morgan fingerprint density at radius 1 is 0.906 bits per heavy atom. The molecule has 16 nitrogen and oxygen atoms in total. The van der Waals surface area contributed by atoms with Gasteiger partial charge in [-0.1, -0.05) is 35.6 Å². The number of carbonyl (C=O) groups excluding carboxylic acids is 5. The minimum Gasteiger partial charge on any atom is -0.368 e. The molecular weight excluding hydrogens is 834 g/mol. The van der Waals surface area contributed by atoms with E-state index in [1.807, 2.05) is 47.4 Å². The minimum atomic E-state index is -0.626. The first kappa shape index (κ1) is 43.9. The summed E-state index contributed by atoms with van der Waals surface area (Å²) < 4.78 is 0. The van der Waals surface area contributed by atoms with Gasteiger partial charge in [0.2, 0.25) is 17.8 Å². The summed E-state index contributed by atoms with van der Waals surface area (Å²) in [4.78, 5) is 77.0. The van der Waals surface area contributed by atoms with E-state index in [1.165, 1.54) is 6.20 Å². The Balaban J connectivity index is 0.712. The summed E-state index contributed by atoms with van der Waals surface area (Å²) in [5.74, 6) is 6.07. The zero-order valence-corrected chi connectivity index (χ0v) is 36.5. The van der Waals surface area contributed by atoms with Crippen molar-refractivity contribution < 1.29 is 24.0 Å². The van der Waals surface area contributed by atoms with E-state index in [9.17, 15) is 24.0 Å². The molecule has 3 fully saturated rings. The molecule has 64 heavy (non-hydrogen) atoms. The summed E-state index contributed by atoms with van der Waals surface area (Å²) in [6, 6.07) is 20.6. The Bertz CT molecular complexity index is 2460. The number of piperazine rings is 1. The van der Waals surface area contributed by atoms with Crippen LogP contribution in [0.15, 0.2) is 72.9 Å². The topological polar surface area (TPSA) is 193 Å². The summed E-state index contributed by atoms with van der Waals surface area (Å²) >= 11 is 6.40. The molecule has 0 bridgehead atoms. The number of amides is 6. The van der Waals surface area contributed by atoms with Gasteiger partial charge in [0.25, 0.3) is 11.8 Å². The lowest BCUT2D eigenvalue weighted by Crippen LogP contribution is -2.54. The highest BCUT2D eigenvalue weighted by Crippen LogP contribution is 2.30. The van der Waals surface area contributed by atoms with E-state index in [0.717, 1.165) is 80.7 Å². The number of urea groups is 1. The van der Waals surface area contributed by atoms with Crippen LogP contribution in [0.3, 0.4) is 0 Å². The van der Waals surface area contributed by atoms with E-state index in [4.69, 9.17) is 11.6 Å². The smallest absolute Gasteiger partial charge is 0.317 e. The van der Waals surface area contributed by atoms with Crippen LogP contribution < -0.4 is 36.8 Å². The number of hydrogen-bond donors (Lipinski definition) is 6. The first-order chi connectivity index (χ1) is 31.1. The molecule has 0 radical (unpaired) electrons. The number of unbranched alkanes of at least 4 members (excludes halogenated alkanes) is 1. The second kappa shape index (κ2) is 20.2. The molecule has 4 aliphatic rings. The normalized spacial score (nSPS) is 19.6. The van der Waals surface area contributed by atoms with Gasteiger partial charge in [-0.2, -0.15) is 4.98 Å². The van der Waals surface area contributed by atoms with Gasteiger partial charge < -0.3 is 41.3 Å². The second-order valence-corrected chi connectivity index (χ2v) is 16.8. The largest absolute Gasteiger partial charge is 0.368 e. The van der Waals surface area contributed by atoms with Gasteiger partial charge in [-0.25, -0.2) is 9.78 Å². The molecule has 6 N–H and O–H groups in total. The second-order valence-electron chi connectivity index (χ2n) is 16.4. The van der Waals surface area contributed by atoms with Gasteiger partial charge in [0, 0.05) is 87.2 Å². The number of rotatable bonds is 12. The van der Waals surface area contributed by atoms with E-state index < -0.39 is 11.9 Å².